The van der Waals surface area contributed by atoms with Gasteiger partial charge in [0.1, 0.15) is 5.75 Å². The molecule has 0 aliphatic carbocycles. The summed E-state index contributed by atoms with van der Waals surface area (Å²) in [5, 5.41) is 8.84. The second-order valence-corrected chi connectivity index (χ2v) is 6.23. The van der Waals surface area contributed by atoms with Crippen molar-refractivity contribution in [2.45, 2.75) is 17.7 Å². The molecular formula is C12H15F2NO5S. The number of carboxylic acid groups (broad SMARTS) is 1. The minimum Gasteiger partial charge on any atom is -0.497 e. The Bertz CT molecular complexity index is 618. The largest absolute Gasteiger partial charge is 0.497 e. The Labute approximate surface area is 121 Å². The SMILES string of the molecule is COc1ccc(S(=O)(=O)N(C)CC(F)F)c(CC(=O)O)c1. The summed E-state index contributed by atoms with van der Waals surface area (Å²) >= 11 is 0. The third-order valence-corrected chi connectivity index (χ3v) is 4.62. The fourth-order valence-corrected chi connectivity index (χ4v) is 3.04. The molecule has 0 aromatic heterocycles. The van der Waals surface area contributed by atoms with E-state index >= 15 is 0 Å². The number of methoxy groups -OCH3 is 1. The van der Waals surface area contributed by atoms with Crippen molar-refractivity contribution in [1.29, 1.82) is 0 Å². The first-order chi connectivity index (χ1) is 9.68. The predicted molar refractivity (Wildman–Crippen MR) is 70.2 cm³/mol. The summed E-state index contributed by atoms with van der Waals surface area (Å²) in [7, 11) is -1.85. The molecule has 1 rings (SSSR count). The van der Waals surface area contributed by atoms with Gasteiger partial charge in [0.05, 0.1) is 25.0 Å². The first-order valence-electron chi connectivity index (χ1n) is 5.81. The maximum Gasteiger partial charge on any atom is 0.307 e. The standard InChI is InChI=1S/C12H15F2NO5S/c1-15(7-11(13)14)21(18,19)10-4-3-9(20-2)5-8(10)6-12(16)17/h3-5,11H,6-7H2,1-2H3,(H,16,17). The van der Waals surface area contributed by atoms with Crippen LogP contribution in [-0.4, -0.2) is 50.9 Å². The molecular weight excluding hydrogens is 308 g/mol. The number of aliphatic carboxylic acids is 1. The number of sulfonamides is 1. The Kier molecular flexibility index (Phi) is 5.62. The van der Waals surface area contributed by atoms with E-state index in [1.807, 2.05) is 0 Å². The highest BCUT2D eigenvalue weighted by Gasteiger charge is 2.27. The number of carbonyl (C=O) groups is 1. The zero-order valence-electron chi connectivity index (χ0n) is 11.4. The molecule has 0 unspecified atom stereocenters. The molecule has 0 heterocycles. The fourth-order valence-electron chi connectivity index (χ4n) is 1.70. The quantitative estimate of drug-likeness (QED) is 0.815. The molecule has 1 N–H and O–H groups in total. The summed E-state index contributed by atoms with van der Waals surface area (Å²) in [6, 6.07) is 3.74. The molecule has 0 fully saturated rings. The van der Waals surface area contributed by atoms with Crippen LogP contribution in [0.5, 0.6) is 5.75 Å². The van der Waals surface area contributed by atoms with Gasteiger partial charge in [0.25, 0.3) is 6.43 Å². The number of halogens is 2. The summed E-state index contributed by atoms with van der Waals surface area (Å²) in [5.41, 5.74) is -0.0250. The topological polar surface area (TPSA) is 83.9 Å². The van der Waals surface area contributed by atoms with Crippen LogP contribution in [-0.2, 0) is 21.2 Å². The number of ether oxygens (including phenoxy) is 1. The van der Waals surface area contributed by atoms with E-state index in [0.717, 1.165) is 13.1 Å². The zero-order chi connectivity index (χ0) is 16.2. The molecule has 0 aliphatic heterocycles. The number of benzene rings is 1. The van der Waals surface area contributed by atoms with E-state index < -0.39 is 35.4 Å². The lowest BCUT2D eigenvalue weighted by Crippen LogP contribution is -2.32. The molecule has 1 aromatic rings. The number of alkyl halides is 2. The van der Waals surface area contributed by atoms with Crippen LogP contribution in [0.3, 0.4) is 0 Å². The van der Waals surface area contributed by atoms with Crippen LogP contribution < -0.4 is 4.74 Å². The molecule has 0 aliphatic rings. The van der Waals surface area contributed by atoms with Gasteiger partial charge >= 0.3 is 5.97 Å². The molecule has 0 saturated heterocycles. The fraction of sp³-hybridized carbons (Fsp3) is 0.417. The minimum atomic E-state index is -4.20. The summed E-state index contributed by atoms with van der Waals surface area (Å²) < 4.78 is 54.5. The number of hydrogen-bond donors (Lipinski definition) is 1. The van der Waals surface area contributed by atoms with Crippen LogP contribution in [0.1, 0.15) is 5.56 Å². The van der Waals surface area contributed by atoms with E-state index in [2.05, 4.69) is 0 Å². The van der Waals surface area contributed by atoms with Crippen molar-refractivity contribution in [3.63, 3.8) is 0 Å². The first-order valence-corrected chi connectivity index (χ1v) is 7.25. The zero-order valence-corrected chi connectivity index (χ0v) is 12.2. The van der Waals surface area contributed by atoms with E-state index in [0.29, 0.717) is 4.31 Å². The molecule has 0 saturated carbocycles. The number of rotatable bonds is 7. The van der Waals surface area contributed by atoms with Gasteiger partial charge in [-0.3, -0.25) is 4.79 Å². The maximum absolute atomic E-state index is 12.3. The van der Waals surface area contributed by atoms with Crippen molar-refractivity contribution in [3.8, 4) is 5.75 Å². The second-order valence-electron chi connectivity index (χ2n) is 4.22. The van der Waals surface area contributed by atoms with E-state index in [1.54, 1.807) is 0 Å². The van der Waals surface area contributed by atoms with Crippen LogP contribution in [0.2, 0.25) is 0 Å². The van der Waals surface area contributed by atoms with E-state index in [9.17, 15) is 22.0 Å². The average Bonchev–Trinajstić information content (AvgIpc) is 2.36. The predicted octanol–water partition coefficient (Wildman–Crippen LogP) is 1.21. The van der Waals surface area contributed by atoms with Crippen molar-refractivity contribution in [2.75, 3.05) is 20.7 Å². The Morgan fingerprint density at radius 3 is 2.52 bits per heavy atom. The highest BCUT2D eigenvalue weighted by atomic mass is 32.2. The van der Waals surface area contributed by atoms with Crippen LogP contribution in [0, 0.1) is 0 Å². The van der Waals surface area contributed by atoms with Gasteiger partial charge in [0.2, 0.25) is 10.0 Å². The maximum atomic E-state index is 12.3. The lowest BCUT2D eigenvalue weighted by molar-refractivity contribution is -0.136. The highest BCUT2D eigenvalue weighted by molar-refractivity contribution is 7.89. The molecule has 0 atom stereocenters. The number of hydrogen-bond acceptors (Lipinski definition) is 4. The molecule has 0 bridgehead atoms. The van der Waals surface area contributed by atoms with Crippen molar-refractivity contribution in [2.24, 2.45) is 0 Å². The van der Waals surface area contributed by atoms with Crippen LogP contribution in [0.4, 0.5) is 8.78 Å². The van der Waals surface area contributed by atoms with Gasteiger partial charge in [-0.15, -0.1) is 0 Å². The van der Waals surface area contributed by atoms with Gasteiger partial charge in [0.15, 0.2) is 0 Å². The third kappa shape index (κ3) is 4.36. The van der Waals surface area contributed by atoms with Crippen molar-refractivity contribution >= 4 is 16.0 Å². The summed E-state index contributed by atoms with van der Waals surface area (Å²) in [5.74, 6) is -0.960. The Morgan fingerprint density at radius 1 is 1.43 bits per heavy atom. The minimum absolute atomic E-state index is 0.0250. The lowest BCUT2D eigenvalue weighted by Gasteiger charge is -2.19. The van der Waals surface area contributed by atoms with Crippen molar-refractivity contribution in [3.05, 3.63) is 23.8 Å². The summed E-state index contributed by atoms with van der Waals surface area (Å²) in [4.78, 5) is 10.5. The van der Waals surface area contributed by atoms with Crippen LogP contribution in [0.25, 0.3) is 0 Å². The molecule has 9 heteroatoms. The van der Waals surface area contributed by atoms with E-state index in [-0.39, 0.29) is 16.2 Å². The van der Waals surface area contributed by atoms with Gasteiger partial charge in [-0.25, -0.2) is 17.2 Å². The van der Waals surface area contributed by atoms with Crippen molar-refractivity contribution in [1.82, 2.24) is 4.31 Å². The Morgan fingerprint density at radius 2 is 2.05 bits per heavy atom. The van der Waals surface area contributed by atoms with Crippen molar-refractivity contribution < 1.29 is 31.8 Å². The first kappa shape index (κ1) is 17.3. The normalized spacial score (nSPS) is 11.9. The molecule has 6 nitrogen and oxygen atoms in total. The molecule has 1 aromatic carbocycles. The van der Waals surface area contributed by atoms with Gasteiger partial charge in [0, 0.05) is 7.05 Å². The second kappa shape index (κ2) is 6.81. The molecule has 0 radical (unpaired) electrons. The summed E-state index contributed by atoms with van der Waals surface area (Å²) in [6.07, 6.45) is -3.39. The summed E-state index contributed by atoms with van der Waals surface area (Å²) in [6.45, 7) is -0.971. The molecule has 21 heavy (non-hydrogen) atoms. The highest BCUT2D eigenvalue weighted by Crippen LogP contribution is 2.25. The van der Waals surface area contributed by atoms with Gasteiger partial charge in [-0.2, -0.15) is 4.31 Å². The Balaban J connectivity index is 3.30. The van der Waals surface area contributed by atoms with Gasteiger partial charge in [-0.1, -0.05) is 0 Å². The van der Waals surface area contributed by atoms with E-state index in [4.69, 9.17) is 9.84 Å². The third-order valence-electron chi connectivity index (χ3n) is 2.69. The molecule has 0 spiro atoms. The number of carboxylic acids is 1. The Hall–Kier alpha value is -1.74. The van der Waals surface area contributed by atoms with Gasteiger partial charge in [-0.05, 0) is 23.8 Å². The molecule has 118 valence electrons. The van der Waals surface area contributed by atoms with Crippen LogP contribution >= 0.6 is 0 Å². The monoisotopic (exact) mass is 323 g/mol. The lowest BCUT2D eigenvalue weighted by atomic mass is 10.1. The molecule has 0 amide bonds. The number of nitrogens with zero attached hydrogens (tertiary/aromatic N) is 1. The van der Waals surface area contributed by atoms with Crippen LogP contribution in [0.15, 0.2) is 23.1 Å². The smallest absolute Gasteiger partial charge is 0.307 e. The average molecular weight is 323 g/mol. The van der Waals surface area contributed by atoms with E-state index in [1.165, 1.54) is 19.2 Å². The van der Waals surface area contributed by atoms with Gasteiger partial charge < -0.3 is 9.84 Å².